The molecule has 0 aliphatic carbocycles. The highest BCUT2D eigenvalue weighted by Crippen LogP contribution is 2.12. The molecule has 0 aromatic heterocycles. The van der Waals surface area contributed by atoms with Crippen molar-refractivity contribution in [3.05, 3.63) is 29.8 Å². The summed E-state index contributed by atoms with van der Waals surface area (Å²) < 4.78 is 25.7. The van der Waals surface area contributed by atoms with Crippen molar-refractivity contribution in [3.63, 3.8) is 0 Å². The molecule has 1 aromatic carbocycles. The van der Waals surface area contributed by atoms with Crippen LogP contribution in [0.15, 0.2) is 18.2 Å². The lowest BCUT2D eigenvalue weighted by Gasteiger charge is -2.13. The monoisotopic (exact) mass is 288 g/mol. The second kappa shape index (κ2) is 6.45. The third kappa shape index (κ3) is 4.88. The zero-order valence-electron chi connectivity index (χ0n) is 9.89. The lowest BCUT2D eigenvalue weighted by Crippen LogP contribution is -2.44. The highest BCUT2D eigenvalue weighted by molar-refractivity contribution is 5.93. The Morgan fingerprint density at radius 2 is 1.65 bits per heavy atom. The van der Waals surface area contributed by atoms with Gasteiger partial charge in [-0.15, -0.1) is 0 Å². The van der Waals surface area contributed by atoms with Gasteiger partial charge in [-0.2, -0.15) is 0 Å². The van der Waals surface area contributed by atoms with Gasteiger partial charge in [-0.25, -0.2) is 18.4 Å². The minimum absolute atomic E-state index is 0.237. The summed E-state index contributed by atoms with van der Waals surface area (Å²) in [6.45, 7) is 0. The van der Waals surface area contributed by atoms with Gasteiger partial charge < -0.3 is 20.8 Å². The number of hydrogen-bond acceptors (Lipinski definition) is 3. The largest absolute Gasteiger partial charge is 0.481 e. The van der Waals surface area contributed by atoms with E-state index >= 15 is 0 Å². The Labute approximate surface area is 111 Å². The fourth-order valence-corrected chi connectivity index (χ4v) is 1.33. The Bertz CT molecular complexity index is 529. The summed E-state index contributed by atoms with van der Waals surface area (Å²) >= 11 is 0. The Balaban J connectivity index is 2.70. The van der Waals surface area contributed by atoms with Crippen LogP contribution in [-0.4, -0.2) is 34.2 Å². The molecule has 0 fully saturated rings. The molecule has 0 aliphatic heterocycles. The van der Waals surface area contributed by atoms with E-state index in [9.17, 15) is 23.2 Å². The van der Waals surface area contributed by atoms with E-state index in [1.54, 1.807) is 0 Å². The molecule has 0 heterocycles. The number of benzene rings is 1. The Morgan fingerprint density at radius 1 is 1.10 bits per heavy atom. The fourth-order valence-electron chi connectivity index (χ4n) is 1.33. The molecule has 0 saturated heterocycles. The van der Waals surface area contributed by atoms with Crippen LogP contribution in [0.2, 0.25) is 0 Å². The summed E-state index contributed by atoms with van der Waals surface area (Å²) in [5.74, 6) is -4.83. The van der Waals surface area contributed by atoms with Gasteiger partial charge in [-0.3, -0.25) is 4.79 Å². The maximum absolute atomic E-state index is 12.9. The second-order valence-electron chi connectivity index (χ2n) is 3.75. The lowest BCUT2D eigenvalue weighted by molar-refractivity contribution is -0.145. The van der Waals surface area contributed by atoms with Crippen LogP contribution in [0.3, 0.4) is 0 Å². The SMILES string of the molecule is O=C(O)C[C@@H](NC(=O)Nc1cc(F)cc(F)c1)C(=O)O. The van der Waals surface area contributed by atoms with Crippen molar-refractivity contribution in [2.75, 3.05) is 5.32 Å². The number of nitrogens with one attached hydrogen (secondary N) is 2. The molecule has 9 heteroatoms. The predicted octanol–water partition coefficient (Wildman–Crippen LogP) is 1.01. The number of anilines is 1. The summed E-state index contributed by atoms with van der Waals surface area (Å²) in [5.41, 5.74) is -0.237. The zero-order valence-corrected chi connectivity index (χ0v) is 9.89. The van der Waals surface area contributed by atoms with Crippen molar-refractivity contribution in [2.24, 2.45) is 0 Å². The summed E-state index contributed by atoms with van der Waals surface area (Å²) in [4.78, 5) is 32.5. The number of urea groups is 1. The third-order valence-corrected chi connectivity index (χ3v) is 2.10. The molecule has 1 aromatic rings. The van der Waals surface area contributed by atoms with Crippen LogP contribution in [0.25, 0.3) is 0 Å². The van der Waals surface area contributed by atoms with Crippen LogP contribution >= 0.6 is 0 Å². The smallest absolute Gasteiger partial charge is 0.326 e. The quantitative estimate of drug-likeness (QED) is 0.645. The number of aliphatic carboxylic acids is 2. The molecule has 0 radical (unpaired) electrons. The van der Waals surface area contributed by atoms with Crippen LogP contribution < -0.4 is 10.6 Å². The van der Waals surface area contributed by atoms with Crippen LogP contribution in [0, 0.1) is 11.6 Å². The summed E-state index contributed by atoms with van der Waals surface area (Å²) in [5, 5.41) is 21.0. The zero-order chi connectivity index (χ0) is 15.3. The van der Waals surface area contributed by atoms with E-state index in [0.29, 0.717) is 6.07 Å². The number of hydrogen-bond donors (Lipinski definition) is 4. The van der Waals surface area contributed by atoms with Gasteiger partial charge in [0.15, 0.2) is 0 Å². The van der Waals surface area contributed by atoms with Crippen molar-refractivity contribution in [2.45, 2.75) is 12.5 Å². The first-order valence-electron chi connectivity index (χ1n) is 5.26. The number of halogens is 2. The van der Waals surface area contributed by atoms with Gasteiger partial charge in [0.1, 0.15) is 17.7 Å². The molecule has 4 N–H and O–H groups in total. The van der Waals surface area contributed by atoms with E-state index in [1.165, 1.54) is 0 Å². The van der Waals surface area contributed by atoms with Gasteiger partial charge in [0.05, 0.1) is 6.42 Å². The molecule has 108 valence electrons. The molecule has 0 spiro atoms. The van der Waals surface area contributed by atoms with Crippen LogP contribution in [0.5, 0.6) is 0 Å². The van der Waals surface area contributed by atoms with Crippen molar-refractivity contribution in [1.29, 1.82) is 0 Å². The van der Waals surface area contributed by atoms with Crippen molar-refractivity contribution < 1.29 is 33.4 Å². The Kier molecular flexibility index (Phi) is 4.95. The summed E-state index contributed by atoms with van der Waals surface area (Å²) in [6.07, 6.45) is -0.833. The molecule has 7 nitrogen and oxygen atoms in total. The van der Waals surface area contributed by atoms with E-state index in [2.05, 4.69) is 0 Å². The van der Waals surface area contributed by atoms with E-state index in [0.717, 1.165) is 12.1 Å². The van der Waals surface area contributed by atoms with Gasteiger partial charge in [0.25, 0.3) is 0 Å². The average Bonchev–Trinajstić information content (AvgIpc) is 2.25. The Morgan fingerprint density at radius 3 is 2.10 bits per heavy atom. The van der Waals surface area contributed by atoms with E-state index in [1.807, 2.05) is 10.6 Å². The normalized spacial score (nSPS) is 11.5. The van der Waals surface area contributed by atoms with Gasteiger partial charge in [-0.1, -0.05) is 0 Å². The maximum Gasteiger partial charge on any atom is 0.326 e. The second-order valence-corrected chi connectivity index (χ2v) is 3.75. The minimum atomic E-state index is -1.66. The number of carbonyl (C=O) groups is 3. The molecule has 2 amide bonds. The number of rotatable bonds is 5. The van der Waals surface area contributed by atoms with Crippen LogP contribution in [0.4, 0.5) is 19.3 Å². The molecule has 0 bridgehead atoms. The average molecular weight is 288 g/mol. The molecule has 1 rings (SSSR count). The summed E-state index contributed by atoms with van der Waals surface area (Å²) in [6, 6.07) is -0.534. The summed E-state index contributed by atoms with van der Waals surface area (Å²) in [7, 11) is 0. The predicted molar refractivity (Wildman–Crippen MR) is 62.2 cm³/mol. The van der Waals surface area contributed by atoms with E-state index in [4.69, 9.17) is 10.2 Å². The maximum atomic E-state index is 12.9. The fraction of sp³-hybridized carbons (Fsp3) is 0.182. The number of carboxylic acids is 2. The molecule has 0 aliphatic rings. The van der Waals surface area contributed by atoms with E-state index in [-0.39, 0.29) is 5.69 Å². The highest BCUT2D eigenvalue weighted by Gasteiger charge is 2.23. The highest BCUT2D eigenvalue weighted by atomic mass is 19.1. The number of amides is 2. The van der Waals surface area contributed by atoms with E-state index < -0.39 is 42.1 Å². The molecular weight excluding hydrogens is 278 g/mol. The molecule has 20 heavy (non-hydrogen) atoms. The van der Waals surface area contributed by atoms with Crippen molar-refractivity contribution in [1.82, 2.24) is 5.32 Å². The van der Waals surface area contributed by atoms with Crippen molar-refractivity contribution in [3.8, 4) is 0 Å². The molecule has 0 unspecified atom stereocenters. The Hall–Kier alpha value is -2.71. The van der Waals surface area contributed by atoms with Gasteiger partial charge >= 0.3 is 18.0 Å². The first-order valence-corrected chi connectivity index (χ1v) is 5.26. The van der Waals surface area contributed by atoms with Crippen molar-refractivity contribution >= 4 is 23.7 Å². The number of carbonyl (C=O) groups excluding carboxylic acids is 1. The molecular formula is C11H10F2N2O5. The lowest BCUT2D eigenvalue weighted by atomic mass is 10.2. The first-order chi connectivity index (χ1) is 9.27. The minimum Gasteiger partial charge on any atom is -0.481 e. The number of carboxylic acid groups (broad SMARTS) is 2. The first kappa shape index (κ1) is 15.3. The van der Waals surface area contributed by atoms with Crippen LogP contribution in [-0.2, 0) is 9.59 Å². The van der Waals surface area contributed by atoms with Gasteiger partial charge in [-0.05, 0) is 12.1 Å². The molecule has 1 atom stereocenters. The third-order valence-electron chi connectivity index (χ3n) is 2.10. The molecule has 0 saturated carbocycles. The van der Waals surface area contributed by atoms with Gasteiger partial charge in [0, 0.05) is 11.8 Å². The van der Waals surface area contributed by atoms with Crippen LogP contribution in [0.1, 0.15) is 6.42 Å². The standard InChI is InChI=1S/C11H10F2N2O5/c12-5-1-6(13)3-7(2-5)14-11(20)15-8(10(18)19)4-9(16)17/h1-3,8H,4H2,(H,16,17)(H,18,19)(H2,14,15,20)/t8-/m1/s1. The topological polar surface area (TPSA) is 116 Å². The van der Waals surface area contributed by atoms with Gasteiger partial charge in [0.2, 0.25) is 0 Å².